The highest BCUT2D eigenvalue weighted by Crippen LogP contribution is 2.44. The first-order valence-electron chi connectivity index (χ1n) is 7.49. The molecule has 1 N–H and O–H groups in total. The average Bonchev–Trinajstić information content (AvgIpc) is 2.37. The van der Waals surface area contributed by atoms with Gasteiger partial charge < -0.3 is 5.11 Å². The van der Waals surface area contributed by atoms with E-state index in [0.717, 1.165) is 48.1 Å². The third-order valence-electron chi connectivity index (χ3n) is 4.78. The number of aldehydes is 1. The standard InChI is InChI=1S/C17H25NO2/c1-6-17(5)7-13-15(14(20)8-17)11(4)12(9-19)16(18-13)10(2)3/h9-10,14,20H,6-8H2,1-5H3. The Kier molecular flexibility index (Phi) is 4.01. The van der Waals surface area contributed by atoms with Crippen molar-refractivity contribution in [2.75, 3.05) is 0 Å². The highest BCUT2D eigenvalue weighted by molar-refractivity contribution is 5.80. The van der Waals surface area contributed by atoms with Crippen molar-refractivity contribution in [1.29, 1.82) is 0 Å². The molecule has 0 spiro atoms. The molecule has 2 unspecified atom stereocenters. The second-order valence-corrected chi connectivity index (χ2v) is 6.73. The first kappa shape index (κ1) is 15.2. The number of aliphatic hydroxyl groups excluding tert-OH is 1. The van der Waals surface area contributed by atoms with Gasteiger partial charge in [-0.05, 0) is 36.7 Å². The topological polar surface area (TPSA) is 50.2 Å². The molecule has 0 saturated carbocycles. The van der Waals surface area contributed by atoms with Crippen molar-refractivity contribution in [2.45, 2.75) is 65.9 Å². The number of carbonyl (C=O) groups is 1. The van der Waals surface area contributed by atoms with Crippen molar-refractivity contribution in [3.05, 3.63) is 28.1 Å². The molecule has 20 heavy (non-hydrogen) atoms. The van der Waals surface area contributed by atoms with E-state index in [2.05, 4.69) is 27.7 Å². The molecule has 1 aliphatic carbocycles. The van der Waals surface area contributed by atoms with Gasteiger partial charge in [0.1, 0.15) is 0 Å². The third kappa shape index (κ3) is 2.39. The van der Waals surface area contributed by atoms with Crippen LogP contribution in [0.15, 0.2) is 0 Å². The van der Waals surface area contributed by atoms with E-state index in [-0.39, 0.29) is 11.3 Å². The Bertz CT molecular complexity index is 536. The molecule has 110 valence electrons. The predicted molar refractivity (Wildman–Crippen MR) is 80.1 cm³/mol. The van der Waals surface area contributed by atoms with Crippen LogP contribution in [-0.4, -0.2) is 16.4 Å². The molecule has 2 atom stereocenters. The molecule has 1 aliphatic rings. The van der Waals surface area contributed by atoms with Gasteiger partial charge in [-0.1, -0.05) is 34.1 Å². The number of hydrogen-bond donors (Lipinski definition) is 1. The first-order chi connectivity index (χ1) is 9.33. The predicted octanol–water partition coefficient (Wildman–Crippen LogP) is 3.72. The lowest BCUT2D eigenvalue weighted by molar-refractivity contribution is 0.0854. The molecule has 0 bridgehead atoms. The summed E-state index contributed by atoms with van der Waals surface area (Å²) < 4.78 is 0. The second kappa shape index (κ2) is 5.28. The molecule has 2 rings (SSSR count). The van der Waals surface area contributed by atoms with Gasteiger partial charge in [0, 0.05) is 16.8 Å². The molecule has 1 heterocycles. The SMILES string of the molecule is CCC1(C)Cc2nc(C(C)C)c(C=O)c(C)c2C(O)C1. The van der Waals surface area contributed by atoms with Crippen LogP contribution in [0.5, 0.6) is 0 Å². The van der Waals surface area contributed by atoms with Gasteiger partial charge >= 0.3 is 0 Å². The van der Waals surface area contributed by atoms with Gasteiger partial charge in [-0.15, -0.1) is 0 Å². The van der Waals surface area contributed by atoms with E-state index in [1.807, 2.05) is 6.92 Å². The lowest BCUT2D eigenvalue weighted by Gasteiger charge is -2.38. The molecule has 0 saturated heterocycles. The minimum absolute atomic E-state index is 0.100. The van der Waals surface area contributed by atoms with Gasteiger partial charge in [0.25, 0.3) is 0 Å². The van der Waals surface area contributed by atoms with Crippen LogP contribution in [-0.2, 0) is 6.42 Å². The molecule has 0 fully saturated rings. The highest BCUT2D eigenvalue weighted by Gasteiger charge is 2.36. The van der Waals surface area contributed by atoms with E-state index in [4.69, 9.17) is 4.98 Å². The number of carbonyl (C=O) groups excluding carboxylic acids is 1. The fourth-order valence-electron chi connectivity index (χ4n) is 3.30. The minimum Gasteiger partial charge on any atom is -0.388 e. The average molecular weight is 275 g/mol. The Morgan fingerprint density at radius 1 is 1.50 bits per heavy atom. The summed E-state index contributed by atoms with van der Waals surface area (Å²) in [5.74, 6) is 0.214. The summed E-state index contributed by atoms with van der Waals surface area (Å²) in [5, 5.41) is 10.5. The molecule has 3 heteroatoms. The molecule has 3 nitrogen and oxygen atoms in total. The maximum Gasteiger partial charge on any atom is 0.152 e. The molecule has 1 aromatic rings. The van der Waals surface area contributed by atoms with Crippen LogP contribution in [0.25, 0.3) is 0 Å². The Balaban J connectivity index is 2.65. The number of rotatable bonds is 3. The first-order valence-corrected chi connectivity index (χ1v) is 7.49. The number of pyridine rings is 1. The molecule has 0 aliphatic heterocycles. The monoisotopic (exact) mass is 275 g/mol. The highest BCUT2D eigenvalue weighted by atomic mass is 16.3. The molecule has 0 aromatic carbocycles. The summed E-state index contributed by atoms with van der Waals surface area (Å²) in [5.41, 5.74) is 4.42. The number of aromatic nitrogens is 1. The van der Waals surface area contributed by atoms with Crippen molar-refractivity contribution >= 4 is 6.29 Å². The van der Waals surface area contributed by atoms with E-state index in [9.17, 15) is 9.90 Å². The lowest BCUT2D eigenvalue weighted by atomic mass is 9.70. The van der Waals surface area contributed by atoms with Crippen LogP contribution >= 0.6 is 0 Å². The Labute approximate surface area is 121 Å². The zero-order chi connectivity index (χ0) is 15.1. The van der Waals surface area contributed by atoms with Gasteiger partial charge in [-0.25, -0.2) is 0 Å². The summed E-state index contributed by atoms with van der Waals surface area (Å²) in [7, 11) is 0. The maximum absolute atomic E-state index is 11.4. The molecule has 0 radical (unpaired) electrons. The zero-order valence-electron chi connectivity index (χ0n) is 13.2. The van der Waals surface area contributed by atoms with E-state index < -0.39 is 6.10 Å². The molecule has 0 amide bonds. The molecular weight excluding hydrogens is 250 g/mol. The van der Waals surface area contributed by atoms with Crippen molar-refractivity contribution in [2.24, 2.45) is 5.41 Å². The number of aliphatic hydroxyl groups is 1. The van der Waals surface area contributed by atoms with Crippen LogP contribution in [0.1, 0.15) is 85.4 Å². The van der Waals surface area contributed by atoms with Crippen LogP contribution < -0.4 is 0 Å². The van der Waals surface area contributed by atoms with Gasteiger partial charge in [0.05, 0.1) is 11.8 Å². The van der Waals surface area contributed by atoms with E-state index in [0.29, 0.717) is 5.56 Å². The summed E-state index contributed by atoms with van der Waals surface area (Å²) in [6.45, 7) is 10.4. The maximum atomic E-state index is 11.4. The van der Waals surface area contributed by atoms with E-state index >= 15 is 0 Å². The fourth-order valence-corrected chi connectivity index (χ4v) is 3.30. The van der Waals surface area contributed by atoms with Crippen molar-refractivity contribution in [3.63, 3.8) is 0 Å². The largest absolute Gasteiger partial charge is 0.388 e. The van der Waals surface area contributed by atoms with Crippen LogP contribution in [0.2, 0.25) is 0 Å². The van der Waals surface area contributed by atoms with Crippen molar-refractivity contribution in [1.82, 2.24) is 4.98 Å². The minimum atomic E-state index is -0.504. The number of fused-ring (bicyclic) bond motifs is 1. The lowest BCUT2D eigenvalue weighted by Crippen LogP contribution is -2.30. The quantitative estimate of drug-likeness (QED) is 0.855. The summed E-state index contributed by atoms with van der Waals surface area (Å²) in [6, 6.07) is 0. The van der Waals surface area contributed by atoms with Gasteiger partial charge in [0.2, 0.25) is 0 Å². The normalized spacial score (nSPS) is 25.6. The van der Waals surface area contributed by atoms with Crippen molar-refractivity contribution < 1.29 is 9.90 Å². The summed E-state index contributed by atoms with van der Waals surface area (Å²) >= 11 is 0. The van der Waals surface area contributed by atoms with Gasteiger partial charge in [-0.3, -0.25) is 9.78 Å². The van der Waals surface area contributed by atoms with Gasteiger partial charge in [0.15, 0.2) is 6.29 Å². The Hall–Kier alpha value is -1.22. The number of hydrogen-bond acceptors (Lipinski definition) is 3. The van der Waals surface area contributed by atoms with Crippen LogP contribution in [0.4, 0.5) is 0 Å². The zero-order valence-corrected chi connectivity index (χ0v) is 13.2. The van der Waals surface area contributed by atoms with E-state index in [1.165, 1.54) is 0 Å². The second-order valence-electron chi connectivity index (χ2n) is 6.73. The smallest absolute Gasteiger partial charge is 0.152 e. The van der Waals surface area contributed by atoms with Crippen LogP contribution in [0.3, 0.4) is 0 Å². The Morgan fingerprint density at radius 3 is 2.65 bits per heavy atom. The van der Waals surface area contributed by atoms with Crippen molar-refractivity contribution in [3.8, 4) is 0 Å². The summed E-state index contributed by atoms with van der Waals surface area (Å²) in [6.07, 6.45) is 3.04. The fraction of sp³-hybridized carbons (Fsp3) is 0.647. The third-order valence-corrected chi connectivity index (χ3v) is 4.78. The van der Waals surface area contributed by atoms with Gasteiger partial charge in [-0.2, -0.15) is 0 Å². The Morgan fingerprint density at radius 2 is 2.15 bits per heavy atom. The van der Waals surface area contributed by atoms with E-state index in [1.54, 1.807) is 0 Å². The molecular formula is C17H25NO2. The molecule has 1 aromatic heterocycles. The summed E-state index contributed by atoms with van der Waals surface area (Å²) in [4.78, 5) is 16.2. The van der Waals surface area contributed by atoms with Crippen LogP contribution in [0, 0.1) is 12.3 Å². The number of nitrogens with zero attached hydrogens (tertiary/aromatic N) is 1.